The quantitative estimate of drug-likeness (QED) is 0.815. The molecule has 0 spiro atoms. The molecule has 4 nitrogen and oxygen atoms in total. The van der Waals surface area contributed by atoms with Crippen LogP contribution in [-0.2, 0) is 9.53 Å². The lowest BCUT2D eigenvalue weighted by molar-refractivity contribution is -0.147. The van der Waals surface area contributed by atoms with E-state index in [0.29, 0.717) is 12.2 Å². The number of amides is 1. The van der Waals surface area contributed by atoms with E-state index in [1.165, 1.54) is 24.3 Å². The van der Waals surface area contributed by atoms with Crippen LogP contribution in [0.1, 0.15) is 37.6 Å². The molecule has 1 rings (SSSR count). The number of halogens is 1. The van der Waals surface area contributed by atoms with Gasteiger partial charge in [0.15, 0.2) is 0 Å². The number of nitrogens with one attached hydrogen (secondary N) is 1. The van der Waals surface area contributed by atoms with Gasteiger partial charge in [-0.1, -0.05) is 20.8 Å². The Balaban J connectivity index is 2.72. The summed E-state index contributed by atoms with van der Waals surface area (Å²) in [5, 5.41) is 2.62. The number of carbonyl (C=O) groups is 2. The van der Waals surface area contributed by atoms with E-state index in [9.17, 15) is 14.0 Å². The molecule has 0 fully saturated rings. The molecule has 1 N–H and O–H groups in total. The van der Waals surface area contributed by atoms with Crippen molar-refractivity contribution < 1.29 is 18.7 Å². The van der Waals surface area contributed by atoms with Crippen LogP contribution in [0, 0.1) is 11.7 Å². The highest BCUT2D eigenvalue weighted by Gasteiger charge is 2.25. The van der Waals surface area contributed by atoms with Crippen molar-refractivity contribution >= 4 is 11.9 Å². The minimum absolute atomic E-state index is 0.0937. The summed E-state index contributed by atoms with van der Waals surface area (Å²) in [6.45, 7) is 5.87. The van der Waals surface area contributed by atoms with Crippen LogP contribution in [0.3, 0.4) is 0 Å². The highest BCUT2D eigenvalue weighted by atomic mass is 19.1. The number of ether oxygens (including phenoxy) is 1. The maximum atomic E-state index is 12.8. The number of rotatable bonds is 6. The van der Waals surface area contributed by atoms with Gasteiger partial charge in [-0.05, 0) is 36.6 Å². The highest BCUT2D eigenvalue weighted by Crippen LogP contribution is 2.08. The summed E-state index contributed by atoms with van der Waals surface area (Å²) in [6, 6.07) is 4.45. The second-order valence-corrected chi connectivity index (χ2v) is 4.87. The van der Waals surface area contributed by atoms with Crippen molar-refractivity contribution in [3.63, 3.8) is 0 Å². The van der Waals surface area contributed by atoms with Crippen molar-refractivity contribution in [2.45, 2.75) is 33.2 Å². The Morgan fingerprint density at radius 2 is 1.85 bits per heavy atom. The van der Waals surface area contributed by atoms with Gasteiger partial charge in [0.05, 0.1) is 6.61 Å². The second kappa shape index (κ2) is 7.62. The summed E-state index contributed by atoms with van der Waals surface area (Å²) >= 11 is 0. The molecule has 0 saturated carbocycles. The lowest BCUT2D eigenvalue weighted by atomic mass is 10.0. The van der Waals surface area contributed by atoms with E-state index < -0.39 is 23.7 Å². The number of hydrogen-bond donors (Lipinski definition) is 1. The third-order valence-electron chi connectivity index (χ3n) is 2.76. The van der Waals surface area contributed by atoms with Crippen molar-refractivity contribution in [1.82, 2.24) is 5.32 Å². The summed E-state index contributed by atoms with van der Waals surface area (Å²) in [5.74, 6) is -1.37. The predicted molar refractivity (Wildman–Crippen MR) is 73.7 cm³/mol. The molecule has 5 heteroatoms. The summed E-state index contributed by atoms with van der Waals surface area (Å²) in [7, 11) is 0. The van der Waals surface area contributed by atoms with Gasteiger partial charge in [-0.15, -0.1) is 0 Å². The third kappa shape index (κ3) is 4.64. The maximum Gasteiger partial charge on any atom is 0.328 e. The Bertz CT molecular complexity index is 457. The third-order valence-corrected chi connectivity index (χ3v) is 2.76. The first-order valence-electron chi connectivity index (χ1n) is 6.68. The second-order valence-electron chi connectivity index (χ2n) is 4.87. The standard InChI is InChI=1S/C15H20FNO3/c1-4-9-20-15(19)13(10(2)3)17-14(18)11-5-7-12(16)8-6-11/h5-8,10,13H,4,9H2,1-3H3,(H,17,18). The molecule has 1 atom stereocenters. The summed E-state index contributed by atoms with van der Waals surface area (Å²) in [4.78, 5) is 23.9. The van der Waals surface area contributed by atoms with Crippen LogP contribution >= 0.6 is 0 Å². The number of carbonyl (C=O) groups excluding carboxylic acids is 2. The molecule has 0 heterocycles. The van der Waals surface area contributed by atoms with Crippen molar-refractivity contribution in [2.24, 2.45) is 5.92 Å². The molecule has 0 saturated heterocycles. The molecule has 0 aliphatic rings. The Morgan fingerprint density at radius 1 is 1.25 bits per heavy atom. The van der Waals surface area contributed by atoms with E-state index in [1.54, 1.807) is 0 Å². The SMILES string of the molecule is CCCOC(=O)C(NC(=O)c1ccc(F)cc1)C(C)C. The van der Waals surface area contributed by atoms with Crippen LogP contribution in [-0.4, -0.2) is 24.5 Å². The fraction of sp³-hybridized carbons (Fsp3) is 0.467. The van der Waals surface area contributed by atoms with Crippen molar-refractivity contribution in [3.05, 3.63) is 35.6 Å². The van der Waals surface area contributed by atoms with Crippen molar-refractivity contribution in [2.75, 3.05) is 6.61 Å². The van der Waals surface area contributed by atoms with E-state index >= 15 is 0 Å². The van der Waals surface area contributed by atoms with Gasteiger partial charge < -0.3 is 10.1 Å². The Labute approximate surface area is 118 Å². The minimum Gasteiger partial charge on any atom is -0.464 e. The fourth-order valence-electron chi connectivity index (χ4n) is 1.62. The molecular formula is C15H20FNO3. The maximum absolute atomic E-state index is 12.8. The normalized spacial score (nSPS) is 12.1. The zero-order chi connectivity index (χ0) is 15.1. The van der Waals surface area contributed by atoms with Gasteiger partial charge in [0.2, 0.25) is 0 Å². The highest BCUT2D eigenvalue weighted by molar-refractivity contribution is 5.96. The molecule has 0 radical (unpaired) electrons. The molecule has 1 amide bonds. The first kappa shape index (κ1) is 16.1. The van der Waals surface area contributed by atoms with E-state index in [1.807, 2.05) is 20.8 Å². The molecule has 1 unspecified atom stereocenters. The van der Waals surface area contributed by atoms with E-state index in [2.05, 4.69) is 5.32 Å². The minimum atomic E-state index is -0.709. The number of hydrogen-bond acceptors (Lipinski definition) is 3. The number of benzene rings is 1. The predicted octanol–water partition coefficient (Wildman–Crippen LogP) is 2.53. The average molecular weight is 281 g/mol. The molecule has 0 aliphatic carbocycles. The molecule has 0 aliphatic heterocycles. The van der Waals surface area contributed by atoms with Crippen molar-refractivity contribution in [3.8, 4) is 0 Å². The van der Waals surface area contributed by atoms with Gasteiger partial charge in [0.1, 0.15) is 11.9 Å². The monoisotopic (exact) mass is 281 g/mol. The zero-order valence-electron chi connectivity index (χ0n) is 12.0. The Morgan fingerprint density at radius 3 is 2.35 bits per heavy atom. The van der Waals surface area contributed by atoms with Gasteiger partial charge in [0, 0.05) is 5.56 Å². The van der Waals surface area contributed by atoms with Gasteiger partial charge in [0.25, 0.3) is 5.91 Å². The summed E-state index contributed by atoms with van der Waals surface area (Å²) in [5.41, 5.74) is 0.306. The summed E-state index contributed by atoms with van der Waals surface area (Å²) in [6.07, 6.45) is 0.725. The molecule has 110 valence electrons. The topological polar surface area (TPSA) is 55.4 Å². The Hall–Kier alpha value is -1.91. The molecule has 1 aromatic carbocycles. The van der Waals surface area contributed by atoms with Gasteiger partial charge in [-0.2, -0.15) is 0 Å². The van der Waals surface area contributed by atoms with E-state index in [4.69, 9.17) is 4.74 Å². The van der Waals surface area contributed by atoms with Gasteiger partial charge in [-0.3, -0.25) is 4.79 Å². The van der Waals surface area contributed by atoms with E-state index in [0.717, 1.165) is 6.42 Å². The molecule has 1 aromatic rings. The largest absolute Gasteiger partial charge is 0.464 e. The average Bonchev–Trinajstić information content (AvgIpc) is 2.42. The van der Waals surface area contributed by atoms with Crippen molar-refractivity contribution in [1.29, 1.82) is 0 Å². The van der Waals surface area contributed by atoms with Crippen LogP contribution in [0.4, 0.5) is 4.39 Å². The van der Waals surface area contributed by atoms with Crippen LogP contribution in [0.2, 0.25) is 0 Å². The lowest BCUT2D eigenvalue weighted by Crippen LogP contribution is -2.45. The lowest BCUT2D eigenvalue weighted by Gasteiger charge is -2.20. The summed E-state index contributed by atoms with van der Waals surface area (Å²) < 4.78 is 17.9. The molecule has 0 aromatic heterocycles. The van der Waals surface area contributed by atoms with Gasteiger partial charge >= 0.3 is 5.97 Å². The van der Waals surface area contributed by atoms with Gasteiger partial charge in [-0.25, -0.2) is 9.18 Å². The Kier molecular flexibility index (Phi) is 6.15. The van der Waals surface area contributed by atoms with Crippen LogP contribution < -0.4 is 5.32 Å². The van der Waals surface area contributed by atoms with Crippen LogP contribution in [0.25, 0.3) is 0 Å². The smallest absolute Gasteiger partial charge is 0.328 e. The molecular weight excluding hydrogens is 261 g/mol. The molecule has 0 bridgehead atoms. The first-order valence-corrected chi connectivity index (χ1v) is 6.68. The van der Waals surface area contributed by atoms with E-state index in [-0.39, 0.29) is 5.92 Å². The first-order chi connectivity index (χ1) is 9.45. The van der Waals surface area contributed by atoms with Crippen LogP contribution in [0.15, 0.2) is 24.3 Å². The van der Waals surface area contributed by atoms with Crippen LogP contribution in [0.5, 0.6) is 0 Å². The number of esters is 1. The zero-order valence-corrected chi connectivity index (χ0v) is 12.0. The molecule has 20 heavy (non-hydrogen) atoms. The fourth-order valence-corrected chi connectivity index (χ4v) is 1.62.